The summed E-state index contributed by atoms with van der Waals surface area (Å²) in [4.78, 5) is 17.3. The van der Waals surface area contributed by atoms with Crippen molar-refractivity contribution in [3.05, 3.63) is 29.3 Å². The van der Waals surface area contributed by atoms with Crippen molar-refractivity contribution in [1.82, 2.24) is 30.9 Å². The molecule has 0 aliphatic carbocycles. The van der Waals surface area contributed by atoms with Crippen LogP contribution in [-0.2, 0) is 11.3 Å². The molecule has 0 bridgehead atoms. The van der Waals surface area contributed by atoms with E-state index < -0.39 is 11.6 Å². The van der Waals surface area contributed by atoms with Crippen LogP contribution >= 0.6 is 0 Å². The van der Waals surface area contributed by atoms with Gasteiger partial charge in [-0.05, 0) is 26.2 Å². The fourth-order valence-corrected chi connectivity index (χ4v) is 6.01. The molecule has 3 N–H and O–H groups in total. The third-order valence-corrected chi connectivity index (χ3v) is 7.35. The van der Waals surface area contributed by atoms with E-state index in [9.17, 15) is 13.6 Å². The summed E-state index contributed by atoms with van der Waals surface area (Å²) < 4.78 is 40.3. The van der Waals surface area contributed by atoms with E-state index in [1.165, 1.54) is 7.11 Å². The van der Waals surface area contributed by atoms with Gasteiger partial charge in [-0.3, -0.25) is 15.5 Å². The van der Waals surface area contributed by atoms with E-state index in [0.29, 0.717) is 12.6 Å². The average molecular weight is 481 g/mol. The Morgan fingerprint density at radius 1 is 1.12 bits per heavy atom. The number of methoxy groups -OCH3 is 1. The van der Waals surface area contributed by atoms with Gasteiger partial charge in [0.25, 0.3) is 0 Å². The number of piperidine rings is 1. The molecule has 0 aromatic heterocycles. The number of hydrogen-bond donors (Lipinski definition) is 3. The van der Waals surface area contributed by atoms with Gasteiger partial charge < -0.3 is 14.4 Å². The number of ether oxygens (including phenoxy) is 2. The smallest absolute Gasteiger partial charge is 0.337 e. The lowest BCUT2D eigenvalue weighted by Crippen LogP contribution is -2.71. The average Bonchev–Trinajstić information content (AvgIpc) is 3.28. The third kappa shape index (κ3) is 4.47. The molecule has 34 heavy (non-hydrogen) atoms. The quantitative estimate of drug-likeness (QED) is 0.586. The van der Waals surface area contributed by atoms with E-state index in [4.69, 9.17) is 9.47 Å². The minimum Gasteiger partial charge on any atom is -0.497 e. The Labute approximate surface area is 198 Å². The first kappa shape index (κ1) is 23.7. The predicted octanol–water partition coefficient (Wildman–Crippen LogP) is 1.26. The van der Waals surface area contributed by atoms with Crippen LogP contribution in [0.1, 0.15) is 25.8 Å². The molecule has 4 fully saturated rings. The van der Waals surface area contributed by atoms with Gasteiger partial charge in [-0.2, -0.15) is 0 Å². The van der Waals surface area contributed by atoms with Crippen molar-refractivity contribution in [3.63, 3.8) is 0 Å². The molecule has 4 heterocycles. The van der Waals surface area contributed by atoms with Crippen LogP contribution in [0, 0.1) is 23.5 Å². The summed E-state index contributed by atoms with van der Waals surface area (Å²) in [6.45, 7) is 8.01. The number of nitrogens with one attached hydrogen (secondary N) is 3. The van der Waals surface area contributed by atoms with E-state index in [1.807, 2.05) is 0 Å². The minimum absolute atomic E-state index is 0.0618. The number of morpholine rings is 1. The second-order valence-electron chi connectivity index (χ2n) is 9.93. The van der Waals surface area contributed by atoms with Gasteiger partial charge in [0.2, 0.25) is 0 Å². The Kier molecular flexibility index (Phi) is 6.64. The highest BCUT2D eigenvalue weighted by Gasteiger charge is 2.51. The number of hydrogen-bond acceptors (Lipinski definition) is 7. The van der Waals surface area contributed by atoms with Crippen LogP contribution in [0.15, 0.2) is 12.1 Å². The van der Waals surface area contributed by atoms with E-state index in [2.05, 4.69) is 34.8 Å². The molecular weight excluding hydrogens is 446 g/mol. The molecule has 188 valence electrons. The second-order valence-corrected chi connectivity index (χ2v) is 9.93. The van der Waals surface area contributed by atoms with Gasteiger partial charge in [0.05, 0.1) is 38.7 Å². The molecule has 4 saturated heterocycles. The van der Waals surface area contributed by atoms with Crippen molar-refractivity contribution < 1.29 is 23.0 Å². The van der Waals surface area contributed by atoms with Crippen molar-refractivity contribution in [1.29, 1.82) is 0 Å². The van der Waals surface area contributed by atoms with E-state index in [0.717, 1.165) is 44.7 Å². The minimum atomic E-state index is -0.722. The molecule has 0 saturated carbocycles. The molecular formula is C23H34F2N6O3. The van der Waals surface area contributed by atoms with Crippen LogP contribution in [0.4, 0.5) is 13.6 Å². The van der Waals surface area contributed by atoms with Gasteiger partial charge in [-0.1, -0.05) is 0 Å². The Hall–Kier alpha value is -2.05. The molecule has 2 amide bonds. The first-order valence-corrected chi connectivity index (χ1v) is 12.0. The van der Waals surface area contributed by atoms with E-state index in [-0.39, 0.29) is 54.3 Å². The SMILES string of the molecule is COc1cc(F)c(CN2C(=O)N3NCNC3C3CC(CN4C[C@@H](C)O[C@@H](C)C4)CNC32)c(F)c1. The first-order chi connectivity index (χ1) is 16.3. The topological polar surface area (TPSA) is 81.3 Å². The van der Waals surface area contributed by atoms with Crippen LogP contribution < -0.4 is 20.8 Å². The number of amides is 2. The molecule has 4 aliphatic rings. The summed E-state index contributed by atoms with van der Waals surface area (Å²) >= 11 is 0. The Morgan fingerprint density at radius 3 is 2.50 bits per heavy atom. The lowest BCUT2D eigenvalue weighted by atomic mass is 9.83. The summed E-state index contributed by atoms with van der Waals surface area (Å²) in [6, 6.07) is 2.00. The fraction of sp³-hybridized carbons (Fsp3) is 0.696. The lowest BCUT2D eigenvalue weighted by molar-refractivity contribution is -0.0778. The number of carbonyl (C=O) groups is 1. The lowest BCUT2D eigenvalue weighted by Gasteiger charge is -2.52. The Morgan fingerprint density at radius 2 is 1.82 bits per heavy atom. The zero-order chi connectivity index (χ0) is 24.0. The molecule has 1 aromatic rings. The fourth-order valence-electron chi connectivity index (χ4n) is 6.01. The van der Waals surface area contributed by atoms with Crippen LogP contribution in [0.3, 0.4) is 0 Å². The molecule has 0 spiro atoms. The number of halogens is 2. The molecule has 6 atom stereocenters. The van der Waals surface area contributed by atoms with E-state index >= 15 is 0 Å². The van der Waals surface area contributed by atoms with Crippen molar-refractivity contribution in [2.45, 2.75) is 51.4 Å². The van der Waals surface area contributed by atoms with Crippen LogP contribution in [0.5, 0.6) is 5.75 Å². The maximum atomic E-state index is 14.7. The van der Waals surface area contributed by atoms with Crippen LogP contribution in [0.25, 0.3) is 0 Å². The first-order valence-electron chi connectivity index (χ1n) is 12.0. The monoisotopic (exact) mass is 480 g/mol. The summed E-state index contributed by atoms with van der Waals surface area (Å²) in [6.07, 6.45) is 0.825. The van der Waals surface area contributed by atoms with Crippen molar-refractivity contribution in [2.24, 2.45) is 11.8 Å². The molecule has 4 aliphatic heterocycles. The Balaban J connectivity index is 1.34. The molecule has 11 heteroatoms. The maximum absolute atomic E-state index is 14.7. The van der Waals surface area contributed by atoms with Gasteiger partial charge in [0, 0.05) is 49.8 Å². The van der Waals surface area contributed by atoms with Crippen LogP contribution in [-0.4, -0.2) is 85.3 Å². The summed E-state index contributed by atoms with van der Waals surface area (Å²) in [5.74, 6) is -0.878. The molecule has 9 nitrogen and oxygen atoms in total. The summed E-state index contributed by atoms with van der Waals surface area (Å²) in [5, 5.41) is 8.49. The highest BCUT2D eigenvalue weighted by molar-refractivity contribution is 5.76. The largest absolute Gasteiger partial charge is 0.497 e. The van der Waals surface area contributed by atoms with Crippen LogP contribution in [0.2, 0.25) is 0 Å². The molecule has 4 unspecified atom stereocenters. The Bertz CT molecular complexity index is 890. The number of carbonyl (C=O) groups excluding carboxylic acids is 1. The highest BCUT2D eigenvalue weighted by atomic mass is 19.1. The van der Waals surface area contributed by atoms with Gasteiger partial charge in [-0.15, -0.1) is 0 Å². The number of rotatable bonds is 5. The number of urea groups is 1. The molecule has 0 radical (unpaired) electrons. The zero-order valence-corrected chi connectivity index (χ0v) is 19.9. The normalized spacial score (nSPS) is 34.2. The highest BCUT2D eigenvalue weighted by Crippen LogP contribution is 2.35. The van der Waals surface area contributed by atoms with Crippen molar-refractivity contribution in [3.8, 4) is 5.75 Å². The van der Waals surface area contributed by atoms with E-state index in [1.54, 1.807) is 9.91 Å². The van der Waals surface area contributed by atoms with Crippen molar-refractivity contribution in [2.75, 3.05) is 40.0 Å². The number of fused-ring (bicyclic) bond motifs is 3. The number of benzene rings is 1. The summed E-state index contributed by atoms with van der Waals surface area (Å²) in [5.41, 5.74) is 2.94. The molecule has 5 rings (SSSR count). The third-order valence-electron chi connectivity index (χ3n) is 7.35. The number of hydrazine groups is 1. The zero-order valence-electron chi connectivity index (χ0n) is 19.9. The van der Waals surface area contributed by atoms with Gasteiger partial charge in [0.1, 0.15) is 23.5 Å². The predicted molar refractivity (Wildman–Crippen MR) is 120 cm³/mol. The standard InChI is InChI=1S/C23H34F2N6O3/c1-13-8-29(9-14(2)34-13)10-15-4-17-21(26-7-15)30(23(32)31-22(17)27-12-28-31)11-18-19(24)5-16(33-3)6-20(18)25/h5-6,13-15,17,21-22,26-28H,4,7-12H2,1-3H3/t13-,14+,15?,17?,21?,22?. The van der Waals surface area contributed by atoms with Gasteiger partial charge >= 0.3 is 6.03 Å². The van der Waals surface area contributed by atoms with Crippen molar-refractivity contribution >= 4 is 6.03 Å². The van der Waals surface area contributed by atoms with Gasteiger partial charge in [0.15, 0.2) is 0 Å². The van der Waals surface area contributed by atoms with Gasteiger partial charge in [-0.25, -0.2) is 24.0 Å². The number of nitrogens with zero attached hydrogens (tertiary/aromatic N) is 3. The second kappa shape index (κ2) is 9.54. The summed E-state index contributed by atoms with van der Waals surface area (Å²) in [7, 11) is 1.36. The molecule has 1 aromatic carbocycles. The maximum Gasteiger partial charge on any atom is 0.337 e.